The zero-order valence-electron chi connectivity index (χ0n) is 31.3. The number of methoxy groups -OCH3 is 1. The minimum Gasteiger partial charge on any atom is -0.494 e. The Morgan fingerprint density at radius 2 is 1.94 bits per heavy atom. The molecule has 10 heteroatoms. The van der Waals surface area contributed by atoms with E-state index in [0.29, 0.717) is 53.0 Å². The molecule has 1 heterocycles. The summed E-state index contributed by atoms with van der Waals surface area (Å²) < 4.78 is 5.93. The average molecular weight is 682 g/mol. The molecule has 3 rings (SSSR count). The van der Waals surface area contributed by atoms with Crippen molar-refractivity contribution in [2.24, 2.45) is 21.6 Å². The number of hydrogen-bond acceptors (Lipinski definition) is 9. The third-order valence-electron chi connectivity index (χ3n) is 7.94. The molecule has 4 N–H and O–H groups in total. The topological polar surface area (TPSA) is 125 Å². The van der Waals surface area contributed by atoms with E-state index >= 15 is 0 Å². The maximum Gasteiger partial charge on any atom is 0.212 e. The normalized spacial score (nSPS) is 16.7. The predicted octanol–water partition coefficient (Wildman–Crippen LogP) is 7.30. The van der Waals surface area contributed by atoms with Gasteiger partial charge in [0.25, 0.3) is 0 Å². The number of nitrogens with two attached hydrogens (primary N) is 1. The van der Waals surface area contributed by atoms with Crippen molar-refractivity contribution in [3.8, 4) is 5.75 Å². The third-order valence-corrected chi connectivity index (χ3v) is 7.94. The van der Waals surface area contributed by atoms with Gasteiger partial charge in [0, 0.05) is 56.0 Å². The lowest BCUT2D eigenvalue weighted by molar-refractivity contribution is -0.109. The van der Waals surface area contributed by atoms with Crippen molar-refractivity contribution in [1.82, 2.24) is 20.7 Å². The first-order valence-electron chi connectivity index (χ1n) is 16.9. The summed E-state index contributed by atoms with van der Waals surface area (Å²) in [5.74, 6) is 4.18. The molecule has 268 valence electrons. The van der Waals surface area contributed by atoms with Crippen LogP contribution in [0.2, 0.25) is 0 Å². The van der Waals surface area contributed by atoms with Gasteiger partial charge in [-0.05, 0) is 56.7 Å². The van der Waals surface area contributed by atoms with Crippen LogP contribution in [-0.4, -0.2) is 61.9 Å². The number of nitrogens with zero attached hydrogens (tertiary/aromatic N) is 4. The molecule has 1 saturated carbocycles. The van der Waals surface area contributed by atoms with Gasteiger partial charge in [-0.25, -0.2) is 9.79 Å². The fourth-order valence-corrected chi connectivity index (χ4v) is 4.57. The highest BCUT2D eigenvalue weighted by molar-refractivity contribution is 6.10. The van der Waals surface area contributed by atoms with Crippen molar-refractivity contribution < 1.29 is 14.3 Å². The Bertz CT molecular complexity index is 1660. The minimum absolute atomic E-state index is 0.401. The van der Waals surface area contributed by atoms with Crippen LogP contribution in [0.1, 0.15) is 72.8 Å². The molecule has 1 amide bonds. The van der Waals surface area contributed by atoms with Crippen LogP contribution in [0.3, 0.4) is 0 Å². The van der Waals surface area contributed by atoms with E-state index in [4.69, 9.17) is 15.5 Å². The molecule has 0 saturated heterocycles. The van der Waals surface area contributed by atoms with Crippen LogP contribution in [0.5, 0.6) is 5.75 Å². The van der Waals surface area contributed by atoms with Crippen molar-refractivity contribution in [3.05, 3.63) is 107 Å². The third kappa shape index (κ3) is 12.6. The van der Waals surface area contributed by atoms with E-state index in [1.165, 1.54) is 12.8 Å². The highest BCUT2D eigenvalue weighted by Gasteiger charge is 2.20. The highest BCUT2D eigenvalue weighted by Crippen LogP contribution is 2.37. The number of amides is 1. The van der Waals surface area contributed by atoms with E-state index in [-0.39, 0.29) is 0 Å². The Morgan fingerprint density at radius 1 is 1.24 bits per heavy atom. The van der Waals surface area contributed by atoms with Gasteiger partial charge >= 0.3 is 0 Å². The van der Waals surface area contributed by atoms with E-state index in [9.17, 15) is 9.59 Å². The van der Waals surface area contributed by atoms with E-state index in [2.05, 4.69) is 55.1 Å². The Labute approximate surface area is 298 Å². The smallest absolute Gasteiger partial charge is 0.212 e. The van der Waals surface area contributed by atoms with Crippen LogP contribution in [0.4, 0.5) is 5.69 Å². The van der Waals surface area contributed by atoms with Gasteiger partial charge in [0.15, 0.2) is 11.7 Å². The van der Waals surface area contributed by atoms with E-state index in [1.54, 1.807) is 43.3 Å². The first kappa shape index (κ1) is 40.8. The molecule has 0 spiro atoms. The number of hydrogen-bond donors (Lipinski definition) is 3. The summed E-state index contributed by atoms with van der Waals surface area (Å²) in [6.07, 6.45) is 18.5. The van der Waals surface area contributed by atoms with Gasteiger partial charge in [0.2, 0.25) is 6.41 Å². The molecule has 1 aromatic rings. The predicted molar refractivity (Wildman–Crippen MR) is 208 cm³/mol. The first-order valence-corrected chi connectivity index (χ1v) is 16.9. The number of nitrogens with one attached hydrogen (secondary N) is 2. The Balaban J connectivity index is 0.00000201. The van der Waals surface area contributed by atoms with Gasteiger partial charge in [0.05, 0.1) is 18.5 Å². The number of rotatable bonds is 15. The standard InChI is InChI=1S/C36H47N7O3.C4H8/c1-10-12-14-29(18-17-26(4)34(23-44)42(8)22-30(20-38-7)27(5)37)31-15-13-16-32(36(31)46-9)40-33-19-35(39-24-45)41-43(28(33)6)21-25(3)11-2;1-4-2-3-4/h12-21,24,41H,6,10-11,22,37H2,1-5,7-9H3,(H,39,45);4H,2-3H2,1H3/b14-12+,25-21-,26-17+,29-18+,30-27+,38-20?,40-33?;. The molecule has 0 atom stereocenters. The van der Waals surface area contributed by atoms with Crippen LogP contribution in [0, 0.1) is 5.92 Å². The Morgan fingerprint density at radius 3 is 2.48 bits per heavy atom. The molecule has 0 unspecified atom stereocenters. The summed E-state index contributed by atoms with van der Waals surface area (Å²) in [6.45, 7) is 16.7. The molecule has 2 aliphatic rings. The van der Waals surface area contributed by atoms with Gasteiger partial charge in [-0.2, -0.15) is 0 Å². The molecule has 0 bridgehead atoms. The van der Waals surface area contributed by atoms with Gasteiger partial charge in [-0.1, -0.05) is 82.2 Å². The molecule has 1 fully saturated rings. The van der Waals surface area contributed by atoms with Crippen molar-refractivity contribution in [1.29, 1.82) is 0 Å². The number of aliphatic imine (C=N–C) groups is 2. The maximum absolute atomic E-state index is 12.1. The molecule has 1 aliphatic heterocycles. The van der Waals surface area contributed by atoms with Crippen LogP contribution in [-0.2, 0) is 9.59 Å². The van der Waals surface area contributed by atoms with Gasteiger partial charge in [0.1, 0.15) is 17.2 Å². The first-order chi connectivity index (χ1) is 23.9. The Hall–Kier alpha value is -5.34. The number of carbonyl (C=O) groups is 1. The van der Waals surface area contributed by atoms with Crippen LogP contribution < -0.4 is 21.2 Å². The second-order valence-corrected chi connectivity index (χ2v) is 12.3. The fraction of sp³-hybridized carbons (Fsp3) is 0.375. The highest BCUT2D eigenvalue weighted by atomic mass is 16.5. The van der Waals surface area contributed by atoms with Crippen LogP contribution in [0.15, 0.2) is 111 Å². The van der Waals surface area contributed by atoms with Gasteiger partial charge < -0.3 is 20.7 Å². The number of allylic oxidation sites excluding steroid dienone is 9. The minimum atomic E-state index is 0.401. The number of carbonyl (C=O) groups excluding carboxylic acids is 2. The summed E-state index contributed by atoms with van der Waals surface area (Å²) in [6, 6.07) is 5.72. The van der Waals surface area contributed by atoms with Crippen molar-refractivity contribution in [3.63, 3.8) is 0 Å². The average Bonchev–Trinajstić information content (AvgIpc) is 3.88. The number of likely N-dealkylation sites (N-methyl/N-ethyl adjacent to an activating group) is 1. The largest absolute Gasteiger partial charge is 0.494 e. The summed E-state index contributed by atoms with van der Waals surface area (Å²) in [5, 5.41) is 4.40. The molecule has 10 nitrogen and oxygen atoms in total. The zero-order valence-corrected chi connectivity index (χ0v) is 31.3. The molecule has 0 radical (unpaired) electrons. The maximum atomic E-state index is 12.1. The molecule has 1 aliphatic carbocycles. The molecule has 50 heavy (non-hydrogen) atoms. The number of hydrazine groups is 1. The van der Waals surface area contributed by atoms with E-state index in [0.717, 1.165) is 46.6 Å². The monoisotopic (exact) mass is 681 g/mol. The summed E-state index contributed by atoms with van der Waals surface area (Å²) in [7, 11) is 5.10. The number of benzene rings is 1. The summed E-state index contributed by atoms with van der Waals surface area (Å²) in [5.41, 5.74) is 16.2. The second kappa shape index (κ2) is 20.9. The van der Waals surface area contributed by atoms with Crippen molar-refractivity contribution in [2.75, 3.05) is 27.7 Å². The van der Waals surface area contributed by atoms with Crippen molar-refractivity contribution in [2.45, 2.75) is 67.2 Å². The lowest BCUT2D eigenvalue weighted by Crippen LogP contribution is -2.43. The molecular weight excluding hydrogens is 626 g/mol. The summed E-state index contributed by atoms with van der Waals surface area (Å²) in [4.78, 5) is 34.1. The van der Waals surface area contributed by atoms with Crippen LogP contribution in [0.25, 0.3) is 5.57 Å². The van der Waals surface area contributed by atoms with Crippen LogP contribution >= 0.6 is 0 Å². The molecule has 1 aromatic carbocycles. The Kier molecular flexibility index (Phi) is 17.1. The second-order valence-electron chi connectivity index (χ2n) is 12.3. The summed E-state index contributed by atoms with van der Waals surface area (Å²) >= 11 is 0. The van der Waals surface area contributed by atoms with E-state index in [1.807, 2.05) is 63.5 Å². The molecular formula is C40H55N7O3. The van der Waals surface area contributed by atoms with Gasteiger partial charge in [-0.15, -0.1) is 0 Å². The van der Waals surface area contributed by atoms with E-state index < -0.39 is 0 Å². The quantitative estimate of drug-likeness (QED) is 0.0768. The number of ether oxygens (including phenoxy) is 1. The molecule has 0 aromatic heterocycles. The zero-order chi connectivity index (χ0) is 37.2. The van der Waals surface area contributed by atoms with Gasteiger partial charge in [-0.3, -0.25) is 20.2 Å². The SMILES string of the molecule is C=C1C(=Nc2cccc(C(/C=C/CC)=C/C=C(\C)C(=C=O)N(C)C/C(C=NC)=C(\C)N)c2OC)C=C(NC=O)NN1/C=C(/C)CC.CC1CC1. The number of para-hydroxylation sites is 1. The van der Waals surface area contributed by atoms with Crippen molar-refractivity contribution >= 4 is 35.5 Å². The lowest BCUT2D eigenvalue weighted by Gasteiger charge is -2.30. The fourth-order valence-electron chi connectivity index (χ4n) is 4.57. The lowest BCUT2D eigenvalue weighted by atomic mass is 10.0.